The SMILES string of the molecule is Cc1cc(C)cc(OC[C@H](O)CN[C@H]2CCCC[C@@H]2C)c1. The number of hydrogen-bond acceptors (Lipinski definition) is 3. The Hall–Kier alpha value is -1.06. The fourth-order valence-corrected chi connectivity index (χ4v) is 3.17. The van der Waals surface area contributed by atoms with E-state index in [9.17, 15) is 5.11 Å². The third-order valence-electron chi connectivity index (χ3n) is 4.36. The van der Waals surface area contributed by atoms with Crippen LogP contribution >= 0.6 is 0 Å². The normalized spacial score (nSPS) is 23.8. The molecular formula is C18H29NO2. The first-order valence-electron chi connectivity index (χ1n) is 8.17. The van der Waals surface area contributed by atoms with Gasteiger partial charge in [-0.05, 0) is 55.9 Å². The Morgan fingerprint density at radius 2 is 1.86 bits per heavy atom. The Morgan fingerprint density at radius 1 is 1.19 bits per heavy atom. The molecule has 1 fully saturated rings. The molecule has 0 bridgehead atoms. The van der Waals surface area contributed by atoms with Gasteiger partial charge in [0.05, 0.1) is 0 Å². The summed E-state index contributed by atoms with van der Waals surface area (Å²) < 4.78 is 5.71. The van der Waals surface area contributed by atoms with Gasteiger partial charge in [-0.25, -0.2) is 0 Å². The van der Waals surface area contributed by atoms with Crippen LogP contribution in [0.1, 0.15) is 43.7 Å². The summed E-state index contributed by atoms with van der Waals surface area (Å²) in [6, 6.07) is 6.69. The molecule has 3 atom stereocenters. The Labute approximate surface area is 128 Å². The summed E-state index contributed by atoms with van der Waals surface area (Å²) in [5, 5.41) is 13.6. The van der Waals surface area contributed by atoms with Crippen LogP contribution in [0.5, 0.6) is 5.75 Å². The summed E-state index contributed by atoms with van der Waals surface area (Å²) in [4.78, 5) is 0. The second kappa shape index (κ2) is 7.81. The first kappa shape index (κ1) is 16.3. The molecule has 2 rings (SSSR count). The summed E-state index contributed by atoms with van der Waals surface area (Å²) in [7, 11) is 0. The Kier molecular flexibility index (Phi) is 6.07. The van der Waals surface area contributed by atoms with E-state index in [1.807, 2.05) is 12.1 Å². The van der Waals surface area contributed by atoms with Crippen molar-refractivity contribution in [1.29, 1.82) is 0 Å². The smallest absolute Gasteiger partial charge is 0.119 e. The predicted octanol–water partition coefficient (Wildman–Crippen LogP) is 3.21. The zero-order chi connectivity index (χ0) is 15.2. The number of benzene rings is 1. The number of ether oxygens (including phenoxy) is 1. The van der Waals surface area contributed by atoms with Crippen LogP contribution < -0.4 is 10.1 Å². The van der Waals surface area contributed by atoms with Gasteiger partial charge in [-0.15, -0.1) is 0 Å². The van der Waals surface area contributed by atoms with E-state index >= 15 is 0 Å². The van der Waals surface area contributed by atoms with E-state index < -0.39 is 6.10 Å². The minimum absolute atomic E-state index is 0.344. The van der Waals surface area contributed by atoms with Crippen molar-refractivity contribution in [3.63, 3.8) is 0 Å². The standard InChI is InChI=1S/C18H29NO2/c1-13-8-14(2)10-17(9-13)21-12-16(20)11-19-18-7-5-4-6-15(18)3/h8-10,15-16,18-20H,4-7,11-12H2,1-3H3/t15-,16+,18-/m0/s1. The first-order chi connectivity index (χ1) is 10.0. The van der Waals surface area contributed by atoms with Gasteiger partial charge in [0, 0.05) is 12.6 Å². The molecule has 3 nitrogen and oxygen atoms in total. The fourth-order valence-electron chi connectivity index (χ4n) is 3.17. The minimum atomic E-state index is -0.458. The van der Waals surface area contributed by atoms with Gasteiger partial charge in [-0.1, -0.05) is 25.8 Å². The molecule has 0 aromatic heterocycles. The zero-order valence-electron chi connectivity index (χ0n) is 13.6. The topological polar surface area (TPSA) is 41.5 Å². The molecule has 118 valence electrons. The van der Waals surface area contributed by atoms with Crippen molar-refractivity contribution in [2.75, 3.05) is 13.2 Å². The number of nitrogens with one attached hydrogen (secondary N) is 1. The number of aliphatic hydroxyl groups is 1. The van der Waals surface area contributed by atoms with Crippen molar-refractivity contribution < 1.29 is 9.84 Å². The van der Waals surface area contributed by atoms with Gasteiger partial charge >= 0.3 is 0 Å². The van der Waals surface area contributed by atoms with Crippen molar-refractivity contribution in [3.05, 3.63) is 29.3 Å². The lowest BCUT2D eigenvalue weighted by molar-refractivity contribution is 0.0984. The van der Waals surface area contributed by atoms with Gasteiger partial charge in [-0.3, -0.25) is 0 Å². The van der Waals surface area contributed by atoms with E-state index in [-0.39, 0.29) is 0 Å². The fraction of sp³-hybridized carbons (Fsp3) is 0.667. The second-order valence-electron chi connectivity index (χ2n) is 6.56. The van der Waals surface area contributed by atoms with Crippen LogP contribution in [0.3, 0.4) is 0 Å². The van der Waals surface area contributed by atoms with Crippen molar-refractivity contribution in [1.82, 2.24) is 5.32 Å². The Morgan fingerprint density at radius 3 is 2.52 bits per heavy atom. The average molecular weight is 291 g/mol. The van der Waals surface area contributed by atoms with E-state index in [1.54, 1.807) is 0 Å². The highest BCUT2D eigenvalue weighted by atomic mass is 16.5. The molecule has 3 heteroatoms. The number of aliphatic hydroxyl groups excluding tert-OH is 1. The molecule has 1 aromatic rings. The van der Waals surface area contributed by atoms with Crippen LogP contribution in [0, 0.1) is 19.8 Å². The van der Waals surface area contributed by atoms with Crippen molar-refractivity contribution in [3.8, 4) is 5.75 Å². The predicted molar refractivity (Wildman–Crippen MR) is 86.8 cm³/mol. The molecule has 0 aliphatic heterocycles. The van der Waals surface area contributed by atoms with Crippen LogP contribution in [0.25, 0.3) is 0 Å². The maximum absolute atomic E-state index is 10.1. The van der Waals surface area contributed by atoms with E-state index in [0.29, 0.717) is 25.1 Å². The second-order valence-corrected chi connectivity index (χ2v) is 6.56. The maximum atomic E-state index is 10.1. The molecule has 0 radical (unpaired) electrons. The summed E-state index contributed by atoms with van der Waals surface area (Å²) in [5.41, 5.74) is 2.38. The van der Waals surface area contributed by atoms with Crippen LogP contribution in [-0.4, -0.2) is 30.4 Å². The summed E-state index contributed by atoms with van der Waals surface area (Å²) >= 11 is 0. The highest BCUT2D eigenvalue weighted by Crippen LogP contribution is 2.23. The molecule has 0 amide bonds. The lowest BCUT2D eigenvalue weighted by atomic mass is 9.86. The third-order valence-corrected chi connectivity index (χ3v) is 4.36. The molecule has 21 heavy (non-hydrogen) atoms. The third kappa shape index (κ3) is 5.33. The van der Waals surface area contributed by atoms with Crippen molar-refractivity contribution >= 4 is 0 Å². The van der Waals surface area contributed by atoms with Crippen molar-refractivity contribution in [2.24, 2.45) is 5.92 Å². The number of aryl methyl sites for hydroxylation is 2. The average Bonchev–Trinajstić information content (AvgIpc) is 2.43. The van der Waals surface area contributed by atoms with E-state index in [1.165, 1.54) is 36.8 Å². The van der Waals surface area contributed by atoms with Crippen LogP contribution in [-0.2, 0) is 0 Å². The summed E-state index contributed by atoms with van der Waals surface area (Å²) in [5.74, 6) is 1.56. The van der Waals surface area contributed by atoms with Gasteiger partial charge in [0.2, 0.25) is 0 Å². The molecule has 0 unspecified atom stereocenters. The molecule has 1 saturated carbocycles. The van der Waals surface area contributed by atoms with Gasteiger partial charge < -0.3 is 15.2 Å². The van der Waals surface area contributed by atoms with Crippen LogP contribution in [0.15, 0.2) is 18.2 Å². The van der Waals surface area contributed by atoms with Crippen molar-refractivity contribution in [2.45, 2.75) is 58.6 Å². The minimum Gasteiger partial charge on any atom is -0.491 e. The van der Waals surface area contributed by atoms with Gasteiger partial charge in [0.15, 0.2) is 0 Å². The maximum Gasteiger partial charge on any atom is 0.119 e. The molecule has 0 saturated heterocycles. The summed E-state index contributed by atoms with van der Waals surface area (Å²) in [6.07, 6.45) is 4.72. The molecular weight excluding hydrogens is 262 g/mol. The van der Waals surface area contributed by atoms with Crippen LogP contribution in [0.4, 0.5) is 0 Å². The van der Waals surface area contributed by atoms with Gasteiger partial charge in [0.25, 0.3) is 0 Å². The van der Waals surface area contributed by atoms with Gasteiger partial charge in [-0.2, -0.15) is 0 Å². The van der Waals surface area contributed by atoms with E-state index in [2.05, 4.69) is 32.2 Å². The van der Waals surface area contributed by atoms with Crippen LogP contribution in [0.2, 0.25) is 0 Å². The quantitative estimate of drug-likeness (QED) is 0.845. The largest absolute Gasteiger partial charge is 0.491 e. The number of hydrogen-bond donors (Lipinski definition) is 2. The van der Waals surface area contributed by atoms with Gasteiger partial charge in [0.1, 0.15) is 18.5 Å². The Balaban J connectivity index is 1.73. The Bertz CT molecular complexity index is 427. The summed E-state index contributed by atoms with van der Waals surface area (Å²) in [6.45, 7) is 7.37. The molecule has 1 aromatic carbocycles. The van der Waals surface area contributed by atoms with E-state index in [0.717, 1.165) is 5.75 Å². The molecule has 0 heterocycles. The lowest BCUT2D eigenvalue weighted by Crippen LogP contribution is -2.42. The molecule has 2 N–H and O–H groups in total. The zero-order valence-corrected chi connectivity index (χ0v) is 13.6. The monoisotopic (exact) mass is 291 g/mol. The highest BCUT2D eigenvalue weighted by molar-refractivity contribution is 5.32. The molecule has 1 aliphatic carbocycles. The lowest BCUT2D eigenvalue weighted by Gasteiger charge is -2.30. The molecule has 0 spiro atoms. The highest BCUT2D eigenvalue weighted by Gasteiger charge is 2.21. The first-order valence-corrected chi connectivity index (χ1v) is 8.17. The number of rotatable bonds is 6. The molecule has 1 aliphatic rings. The van der Waals surface area contributed by atoms with E-state index in [4.69, 9.17) is 4.74 Å².